The predicted molar refractivity (Wildman–Crippen MR) is 91.0 cm³/mol. The number of likely N-dealkylation sites (tertiary alicyclic amines) is 1. The SMILES string of the molecule is Cc1cc(CN2CC[C@H]3C(=O)N(c4cccnc4)CCO[C@H]3C2)no1. The largest absolute Gasteiger partial charge is 0.374 e. The lowest BCUT2D eigenvalue weighted by atomic mass is 9.92. The number of pyridine rings is 1. The molecule has 0 aliphatic carbocycles. The number of anilines is 1. The fraction of sp³-hybridized carbons (Fsp3) is 0.500. The summed E-state index contributed by atoms with van der Waals surface area (Å²) in [5.41, 5.74) is 1.77. The first-order valence-corrected chi connectivity index (χ1v) is 8.68. The fourth-order valence-corrected chi connectivity index (χ4v) is 3.67. The normalized spacial score (nSPS) is 24.8. The highest BCUT2D eigenvalue weighted by Gasteiger charge is 2.39. The van der Waals surface area contributed by atoms with Gasteiger partial charge in [-0.05, 0) is 32.0 Å². The number of carbonyl (C=O) groups excluding carboxylic acids is 1. The van der Waals surface area contributed by atoms with E-state index in [0.717, 1.165) is 43.2 Å². The van der Waals surface area contributed by atoms with Gasteiger partial charge in [0.05, 0.1) is 36.2 Å². The summed E-state index contributed by atoms with van der Waals surface area (Å²) in [6.45, 7) is 5.32. The summed E-state index contributed by atoms with van der Waals surface area (Å²) < 4.78 is 11.2. The molecule has 7 nitrogen and oxygen atoms in total. The van der Waals surface area contributed by atoms with Gasteiger partial charge in [0.1, 0.15) is 5.76 Å². The Hall–Kier alpha value is -2.25. The second kappa shape index (κ2) is 6.93. The van der Waals surface area contributed by atoms with Crippen LogP contribution in [0.2, 0.25) is 0 Å². The van der Waals surface area contributed by atoms with Crippen molar-refractivity contribution < 1.29 is 14.1 Å². The smallest absolute Gasteiger partial charge is 0.232 e. The van der Waals surface area contributed by atoms with Gasteiger partial charge in [-0.1, -0.05) is 5.16 Å². The summed E-state index contributed by atoms with van der Waals surface area (Å²) in [4.78, 5) is 21.2. The number of hydrogen-bond donors (Lipinski definition) is 0. The van der Waals surface area contributed by atoms with E-state index in [0.29, 0.717) is 13.2 Å². The summed E-state index contributed by atoms with van der Waals surface area (Å²) in [6, 6.07) is 5.73. The van der Waals surface area contributed by atoms with Gasteiger partial charge in [0.2, 0.25) is 5.91 Å². The zero-order valence-electron chi connectivity index (χ0n) is 14.3. The average molecular weight is 342 g/mol. The minimum absolute atomic E-state index is 0.0732. The molecular weight excluding hydrogens is 320 g/mol. The molecule has 4 rings (SSSR count). The first kappa shape index (κ1) is 16.2. The minimum Gasteiger partial charge on any atom is -0.374 e. The first-order chi connectivity index (χ1) is 12.2. The van der Waals surface area contributed by atoms with E-state index < -0.39 is 0 Å². The molecule has 2 atom stereocenters. The highest BCUT2D eigenvalue weighted by molar-refractivity contribution is 5.95. The molecular formula is C18H22N4O3. The second-order valence-electron chi connectivity index (χ2n) is 6.67. The van der Waals surface area contributed by atoms with Gasteiger partial charge in [-0.15, -0.1) is 0 Å². The lowest BCUT2D eigenvalue weighted by molar-refractivity contribution is -0.128. The molecule has 0 aromatic carbocycles. The van der Waals surface area contributed by atoms with Gasteiger partial charge in [0.25, 0.3) is 0 Å². The maximum absolute atomic E-state index is 13.0. The van der Waals surface area contributed by atoms with Crippen molar-refractivity contribution in [2.75, 3.05) is 31.1 Å². The van der Waals surface area contributed by atoms with Gasteiger partial charge in [0, 0.05) is 31.9 Å². The van der Waals surface area contributed by atoms with Crippen LogP contribution in [-0.2, 0) is 16.1 Å². The summed E-state index contributed by atoms with van der Waals surface area (Å²) in [6.07, 6.45) is 4.17. The van der Waals surface area contributed by atoms with E-state index in [1.165, 1.54) is 0 Å². The molecule has 25 heavy (non-hydrogen) atoms. The van der Waals surface area contributed by atoms with Crippen molar-refractivity contribution in [2.45, 2.75) is 26.0 Å². The number of aromatic nitrogens is 2. The number of aryl methyl sites for hydroxylation is 1. The predicted octanol–water partition coefficient (Wildman–Crippen LogP) is 1.63. The van der Waals surface area contributed by atoms with Crippen molar-refractivity contribution in [3.05, 3.63) is 42.0 Å². The van der Waals surface area contributed by atoms with Crippen molar-refractivity contribution in [3.63, 3.8) is 0 Å². The molecule has 7 heteroatoms. The molecule has 2 aliphatic heterocycles. The number of piperidine rings is 1. The molecule has 132 valence electrons. The van der Waals surface area contributed by atoms with Gasteiger partial charge in [-0.25, -0.2) is 0 Å². The van der Waals surface area contributed by atoms with Crippen LogP contribution in [0, 0.1) is 12.8 Å². The van der Waals surface area contributed by atoms with Crippen LogP contribution in [-0.4, -0.2) is 53.3 Å². The molecule has 0 radical (unpaired) electrons. The molecule has 2 fully saturated rings. The van der Waals surface area contributed by atoms with Gasteiger partial charge < -0.3 is 14.2 Å². The van der Waals surface area contributed by atoms with E-state index in [4.69, 9.17) is 9.26 Å². The van der Waals surface area contributed by atoms with Crippen LogP contribution in [0.5, 0.6) is 0 Å². The van der Waals surface area contributed by atoms with E-state index in [-0.39, 0.29) is 17.9 Å². The number of fused-ring (bicyclic) bond motifs is 1. The Morgan fingerprint density at radius 3 is 3.04 bits per heavy atom. The van der Waals surface area contributed by atoms with Crippen LogP contribution < -0.4 is 4.90 Å². The third-order valence-electron chi connectivity index (χ3n) is 4.89. The summed E-state index contributed by atoms with van der Waals surface area (Å²) in [5, 5.41) is 4.06. The van der Waals surface area contributed by atoms with Crippen LogP contribution in [0.3, 0.4) is 0 Å². The van der Waals surface area contributed by atoms with Crippen molar-refractivity contribution in [1.82, 2.24) is 15.0 Å². The molecule has 0 saturated carbocycles. The number of hydrogen-bond acceptors (Lipinski definition) is 6. The molecule has 0 spiro atoms. The maximum atomic E-state index is 13.0. The lowest BCUT2D eigenvalue weighted by Crippen LogP contribution is -2.49. The Morgan fingerprint density at radius 2 is 2.28 bits per heavy atom. The molecule has 2 aromatic rings. The fourth-order valence-electron chi connectivity index (χ4n) is 3.67. The van der Waals surface area contributed by atoms with Crippen molar-refractivity contribution in [3.8, 4) is 0 Å². The Labute approximate surface area is 146 Å². The first-order valence-electron chi connectivity index (χ1n) is 8.68. The molecule has 0 bridgehead atoms. The van der Waals surface area contributed by atoms with Crippen molar-refractivity contribution >= 4 is 11.6 Å². The second-order valence-corrected chi connectivity index (χ2v) is 6.67. The number of amides is 1. The summed E-state index contributed by atoms with van der Waals surface area (Å²) >= 11 is 0. The molecule has 2 saturated heterocycles. The Morgan fingerprint density at radius 1 is 1.36 bits per heavy atom. The lowest BCUT2D eigenvalue weighted by Gasteiger charge is -2.36. The summed E-state index contributed by atoms with van der Waals surface area (Å²) in [5.74, 6) is 0.864. The molecule has 1 amide bonds. The Kier molecular flexibility index (Phi) is 4.50. The Balaban J connectivity index is 1.45. The quantitative estimate of drug-likeness (QED) is 0.844. The molecule has 0 N–H and O–H groups in total. The van der Waals surface area contributed by atoms with Crippen LogP contribution in [0.25, 0.3) is 0 Å². The van der Waals surface area contributed by atoms with E-state index in [9.17, 15) is 4.79 Å². The number of ether oxygens (including phenoxy) is 1. The third-order valence-corrected chi connectivity index (χ3v) is 4.89. The standard InChI is InChI=1S/C18H22N4O3/c1-13-9-14(20-25-13)11-21-6-4-16-17(12-21)24-8-7-22(18(16)23)15-3-2-5-19-10-15/h2-3,5,9-10,16-17H,4,6-8,11-12H2,1H3/t16-,17+/m1/s1. The highest BCUT2D eigenvalue weighted by atomic mass is 16.5. The molecule has 2 aliphatic rings. The van der Waals surface area contributed by atoms with E-state index >= 15 is 0 Å². The van der Waals surface area contributed by atoms with Crippen LogP contribution in [0.1, 0.15) is 17.9 Å². The Bertz CT molecular complexity index is 733. The average Bonchev–Trinajstić information content (AvgIpc) is 2.96. The van der Waals surface area contributed by atoms with Gasteiger partial charge in [0.15, 0.2) is 0 Å². The highest BCUT2D eigenvalue weighted by Crippen LogP contribution is 2.28. The van der Waals surface area contributed by atoms with Crippen molar-refractivity contribution in [1.29, 1.82) is 0 Å². The molecule has 2 aromatic heterocycles. The topological polar surface area (TPSA) is 71.7 Å². The number of nitrogens with zero attached hydrogens (tertiary/aromatic N) is 4. The van der Waals surface area contributed by atoms with Crippen LogP contribution >= 0.6 is 0 Å². The number of rotatable bonds is 3. The van der Waals surface area contributed by atoms with Crippen LogP contribution in [0.15, 0.2) is 35.1 Å². The molecule has 4 heterocycles. The minimum atomic E-state index is -0.0991. The maximum Gasteiger partial charge on any atom is 0.232 e. The van der Waals surface area contributed by atoms with Gasteiger partial charge in [-0.3, -0.25) is 14.7 Å². The van der Waals surface area contributed by atoms with E-state index in [1.54, 1.807) is 12.4 Å². The monoisotopic (exact) mass is 342 g/mol. The zero-order chi connectivity index (χ0) is 17.2. The molecule has 0 unspecified atom stereocenters. The van der Waals surface area contributed by atoms with Crippen molar-refractivity contribution in [2.24, 2.45) is 5.92 Å². The van der Waals surface area contributed by atoms with Gasteiger partial charge in [-0.2, -0.15) is 0 Å². The van der Waals surface area contributed by atoms with Gasteiger partial charge >= 0.3 is 0 Å². The number of carbonyl (C=O) groups is 1. The summed E-state index contributed by atoms with van der Waals surface area (Å²) in [7, 11) is 0. The van der Waals surface area contributed by atoms with E-state index in [2.05, 4.69) is 15.0 Å². The zero-order valence-corrected chi connectivity index (χ0v) is 14.3. The van der Waals surface area contributed by atoms with Crippen LogP contribution in [0.4, 0.5) is 5.69 Å². The van der Waals surface area contributed by atoms with E-state index in [1.807, 2.05) is 30.0 Å². The third kappa shape index (κ3) is 3.43.